The predicted molar refractivity (Wildman–Crippen MR) is 107 cm³/mol. The lowest BCUT2D eigenvalue weighted by Crippen LogP contribution is -2.28. The second-order valence-corrected chi connectivity index (χ2v) is 6.77. The molecule has 0 fully saturated rings. The van der Waals surface area contributed by atoms with E-state index in [-0.39, 0.29) is 5.91 Å². The second kappa shape index (κ2) is 7.06. The number of hydrogen-bond acceptors (Lipinski definition) is 4. The topological polar surface area (TPSA) is 79.4 Å². The summed E-state index contributed by atoms with van der Waals surface area (Å²) in [5.74, 6) is 1.39. The number of nitrogens with zero attached hydrogens (tertiary/aromatic N) is 2. The molecule has 27 heavy (non-hydrogen) atoms. The van der Waals surface area contributed by atoms with Crippen LogP contribution in [-0.2, 0) is 0 Å². The van der Waals surface area contributed by atoms with Crippen molar-refractivity contribution in [1.29, 1.82) is 0 Å². The molecule has 0 aliphatic carbocycles. The summed E-state index contributed by atoms with van der Waals surface area (Å²) in [7, 11) is 1.52. The summed E-state index contributed by atoms with van der Waals surface area (Å²) >= 11 is 12.1. The first-order valence-electron chi connectivity index (χ1n) is 8.09. The number of amides is 1. The lowest BCUT2D eigenvalue weighted by molar-refractivity contribution is 0.0977. The molecule has 0 spiro atoms. The number of benzene rings is 2. The molecule has 1 aliphatic heterocycles. The number of imidazole rings is 1. The van der Waals surface area contributed by atoms with Gasteiger partial charge in [0.2, 0.25) is 0 Å². The Morgan fingerprint density at radius 1 is 1.22 bits per heavy atom. The van der Waals surface area contributed by atoms with Gasteiger partial charge in [-0.25, -0.2) is 4.98 Å². The number of rotatable bonds is 3. The first-order chi connectivity index (χ1) is 13.0. The number of carbonyl (C=O) groups is 1. The fourth-order valence-electron chi connectivity index (χ4n) is 2.78. The average Bonchev–Trinajstić information content (AvgIpc) is 3.27. The van der Waals surface area contributed by atoms with Gasteiger partial charge in [0.05, 0.1) is 29.7 Å². The number of hydrogen-bond donors (Lipinski definition) is 2. The highest BCUT2D eigenvalue weighted by Crippen LogP contribution is 2.25. The highest BCUT2D eigenvalue weighted by molar-refractivity contribution is 6.32. The van der Waals surface area contributed by atoms with Crippen molar-refractivity contribution >= 4 is 51.6 Å². The highest BCUT2D eigenvalue weighted by atomic mass is 35.5. The van der Waals surface area contributed by atoms with E-state index in [9.17, 15) is 4.79 Å². The van der Waals surface area contributed by atoms with Crippen LogP contribution in [0, 0.1) is 0 Å². The molecule has 0 atom stereocenters. The Bertz CT molecular complexity index is 1120. The SMILES string of the molecule is COc1ccc(C(=O)NC2=NCC(c3nc4ccc(Cl)cc4[nH]3)=C2)cc1Cl. The largest absolute Gasteiger partial charge is 0.495 e. The molecule has 0 saturated heterocycles. The van der Waals surface area contributed by atoms with E-state index in [0.29, 0.717) is 39.6 Å². The zero-order chi connectivity index (χ0) is 19.0. The maximum Gasteiger partial charge on any atom is 0.256 e. The van der Waals surface area contributed by atoms with Crippen molar-refractivity contribution in [3.05, 3.63) is 63.9 Å². The van der Waals surface area contributed by atoms with Gasteiger partial charge in [-0.2, -0.15) is 0 Å². The van der Waals surface area contributed by atoms with E-state index in [0.717, 1.165) is 16.6 Å². The molecule has 1 aromatic heterocycles. The van der Waals surface area contributed by atoms with Gasteiger partial charge in [0.25, 0.3) is 5.91 Å². The highest BCUT2D eigenvalue weighted by Gasteiger charge is 2.17. The van der Waals surface area contributed by atoms with E-state index in [2.05, 4.69) is 20.3 Å². The van der Waals surface area contributed by atoms with Gasteiger partial charge in [0, 0.05) is 16.2 Å². The molecule has 136 valence electrons. The quantitative estimate of drug-likeness (QED) is 0.694. The molecule has 0 unspecified atom stereocenters. The maximum atomic E-state index is 12.4. The van der Waals surface area contributed by atoms with Gasteiger partial charge in [-0.15, -0.1) is 0 Å². The van der Waals surface area contributed by atoms with E-state index in [1.165, 1.54) is 7.11 Å². The van der Waals surface area contributed by atoms with Gasteiger partial charge in [0.1, 0.15) is 17.4 Å². The Morgan fingerprint density at radius 3 is 2.85 bits per heavy atom. The van der Waals surface area contributed by atoms with Gasteiger partial charge in [-0.3, -0.25) is 9.79 Å². The van der Waals surface area contributed by atoms with Gasteiger partial charge < -0.3 is 15.0 Å². The van der Waals surface area contributed by atoms with Gasteiger partial charge in [-0.1, -0.05) is 23.2 Å². The number of aromatic nitrogens is 2. The molecule has 3 aromatic rings. The second-order valence-electron chi connectivity index (χ2n) is 5.92. The smallest absolute Gasteiger partial charge is 0.256 e. The van der Waals surface area contributed by atoms with Crippen LogP contribution in [0.4, 0.5) is 0 Å². The third-order valence-corrected chi connectivity index (χ3v) is 4.66. The van der Waals surface area contributed by atoms with Crippen LogP contribution in [0.2, 0.25) is 10.0 Å². The lowest BCUT2D eigenvalue weighted by Gasteiger charge is -2.06. The summed E-state index contributed by atoms with van der Waals surface area (Å²) < 4.78 is 5.09. The number of ether oxygens (including phenoxy) is 1. The molecule has 6 nitrogen and oxygen atoms in total. The van der Waals surface area contributed by atoms with Crippen molar-refractivity contribution < 1.29 is 9.53 Å². The molecular weight excluding hydrogens is 387 g/mol. The molecule has 1 aliphatic rings. The number of aromatic amines is 1. The minimum absolute atomic E-state index is 0.299. The van der Waals surface area contributed by atoms with Crippen LogP contribution in [0.1, 0.15) is 16.2 Å². The zero-order valence-electron chi connectivity index (χ0n) is 14.2. The summed E-state index contributed by atoms with van der Waals surface area (Å²) in [4.78, 5) is 24.5. The van der Waals surface area contributed by atoms with Crippen LogP contribution in [-0.4, -0.2) is 35.4 Å². The van der Waals surface area contributed by atoms with Crippen LogP contribution in [0.3, 0.4) is 0 Å². The Morgan fingerprint density at radius 2 is 2.07 bits per heavy atom. The Hall–Kier alpha value is -2.83. The number of halogens is 2. The first kappa shape index (κ1) is 17.6. The van der Waals surface area contributed by atoms with E-state index in [4.69, 9.17) is 27.9 Å². The van der Waals surface area contributed by atoms with Gasteiger partial charge >= 0.3 is 0 Å². The third-order valence-electron chi connectivity index (χ3n) is 4.13. The molecule has 8 heteroatoms. The van der Waals surface area contributed by atoms with Gasteiger partial charge in [-0.05, 0) is 42.5 Å². The molecule has 2 aromatic carbocycles. The summed E-state index contributed by atoms with van der Waals surface area (Å²) in [5.41, 5.74) is 2.97. The van der Waals surface area contributed by atoms with Crippen molar-refractivity contribution in [2.45, 2.75) is 0 Å². The average molecular weight is 401 g/mol. The first-order valence-corrected chi connectivity index (χ1v) is 8.84. The van der Waals surface area contributed by atoms with Crippen LogP contribution < -0.4 is 10.1 Å². The number of methoxy groups -OCH3 is 1. The number of amidine groups is 1. The molecular formula is C19H14Cl2N4O2. The number of H-pyrrole nitrogens is 1. The minimum atomic E-state index is -0.299. The van der Waals surface area contributed by atoms with Gasteiger partial charge in [0.15, 0.2) is 0 Å². The summed E-state index contributed by atoms with van der Waals surface area (Å²) in [6.07, 6.45) is 1.79. The molecule has 0 bridgehead atoms. The summed E-state index contributed by atoms with van der Waals surface area (Å²) in [6.45, 7) is 0.423. The molecule has 0 radical (unpaired) electrons. The monoisotopic (exact) mass is 400 g/mol. The zero-order valence-corrected chi connectivity index (χ0v) is 15.7. The molecule has 2 N–H and O–H groups in total. The summed E-state index contributed by atoms with van der Waals surface area (Å²) in [5, 5.41) is 3.79. The van der Waals surface area contributed by atoms with E-state index in [1.54, 1.807) is 30.3 Å². The number of nitrogens with one attached hydrogen (secondary N) is 2. The molecule has 0 saturated carbocycles. The molecule has 2 heterocycles. The van der Waals surface area contributed by atoms with Crippen molar-refractivity contribution in [1.82, 2.24) is 15.3 Å². The summed E-state index contributed by atoms with van der Waals surface area (Å²) in [6, 6.07) is 10.3. The fourth-order valence-corrected chi connectivity index (χ4v) is 3.21. The standard InChI is InChI=1S/C19H14Cl2N4O2/c1-27-16-5-2-10(6-13(16)21)19(26)25-17-7-11(9-22-17)18-23-14-4-3-12(20)8-15(14)24-18/h2-8H,9H2,1H3,(H,23,24)(H,22,25,26). The minimum Gasteiger partial charge on any atom is -0.495 e. The van der Waals surface area contributed by atoms with Crippen LogP contribution >= 0.6 is 23.2 Å². The van der Waals surface area contributed by atoms with E-state index in [1.807, 2.05) is 12.1 Å². The Kier molecular flexibility index (Phi) is 4.59. The number of aliphatic imine (C=N–C) groups is 1. The van der Waals surface area contributed by atoms with Crippen molar-refractivity contribution in [3.8, 4) is 5.75 Å². The fraction of sp³-hybridized carbons (Fsp3) is 0.105. The Balaban J connectivity index is 1.51. The predicted octanol–water partition coefficient (Wildman–Crippen LogP) is 4.10. The third kappa shape index (κ3) is 3.54. The number of carbonyl (C=O) groups excluding carboxylic acids is 1. The van der Waals surface area contributed by atoms with E-state index < -0.39 is 0 Å². The van der Waals surface area contributed by atoms with Crippen LogP contribution in [0.5, 0.6) is 5.75 Å². The Labute approximate surface area is 164 Å². The van der Waals surface area contributed by atoms with Crippen molar-refractivity contribution in [3.63, 3.8) is 0 Å². The maximum absolute atomic E-state index is 12.4. The van der Waals surface area contributed by atoms with Crippen LogP contribution in [0.25, 0.3) is 16.6 Å². The van der Waals surface area contributed by atoms with Crippen LogP contribution in [0.15, 0.2) is 47.5 Å². The molecule has 1 amide bonds. The number of fused-ring (bicyclic) bond motifs is 1. The van der Waals surface area contributed by atoms with Crippen molar-refractivity contribution in [2.75, 3.05) is 13.7 Å². The van der Waals surface area contributed by atoms with Crippen molar-refractivity contribution in [2.24, 2.45) is 4.99 Å². The molecule has 4 rings (SSSR count). The normalized spacial score (nSPS) is 13.4. The van der Waals surface area contributed by atoms with E-state index >= 15 is 0 Å². The lowest BCUT2D eigenvalue weighted by atomic mass is 10.2.